The third-order valence-corrected chi connectivity index (χ3v) is 5.13. The number of hydrogen-bond donors (Lipinski definition) is 1. The largest absolute Gasteiger partial charge is 0.370 e. The molecule has 2 aliphatic rings. The summed E-state index contributed by atoms with van der Waals surface area (Å²) in [7, 11) is 0. The third-order valence-electron chi connectivity index (χ3n) is 5.13. The Labute approximate surface area is 150 Å². The first-order valence-electron chi connectivity index (χ1n) is 8.60. The van der Waals surface area contributed by atoms with Crippen LogP contribution in [0.2, 0.25) is 0 Å². The lowest BCUT2D eigenvalue weighted by Crippen LogP contribution is -2.50. The molecule has 1 heterocycles. The van der Waals surface area contributed by atoms with Crippen molar-refractivity contribution < 1.29 is 24.1 Å². The molecule has 0 saturated heterocycles. The maximum atomic E-state index is 12.9. The number of hydrogen-bond acceptors (Lipinski definition) is 4. The molecule has 0 fully saturated rings. The molecule has 0 spiro atoms. The summed E-state index contributed by atoms with van der Waals surface area (Å²) in [6.45, 7) is 1.94. The molecule has 0 amide bonds. The van der Waals surface area contributed by atoms with Crippen LogP contribution in [0.1, 0.15) is 45.5 Å². The molecule has 0 saturated carbocycles. The van der Waals surface area contributed by atoms with Crippen molar-refractivity contribution >= 4 is 23.0 Å². The molecule has 4 rings (SSSR count). The van der Waals surface area contributed by atoms with Crippen LogP contribution < -0.4 is 4.57 Å². The van der Waals surface area contributed by atoms with Crippen molar-refractivity contribution in [3.05, 3.63) is 71.1 Å². The first-order valence-corrected chi connectivity index (χ1v) is 8.60. The topological polar surface area (TPSA) is 75.3 Å². The average Bonchev–Trinajstić information content (AvgIpc) is 2.85. The van der Waals surface area contributed by atoms with Gasteiger partial charge in [-0.25, -0.2) is 0 Å². The van der Waals surface area contributed by atoms with Crippen molar-refractivity contribution in [2.45, 2.75) is 31.8 Å². The van der Waals surface area contributed by atoms with Gasteiger partial charge in [0, 0.05) is 36.1 Å². The quantitative estimate of drug-likeness (QED) is 0.666. The zero-order chi connectivity index (χ0) is 18.5. The number of pyridine rings is 1. The maximum absolute atomic E-state index is 12.9. The molecule has 1 aromatic carbocycles. The predicted octanol–water partition coefficient (Wildman–Crippen LogP) is 2.06. The first kappa shape index (κ1) is 16.5. The molecular weight excluding hydrogens is 330 g/mol. The van der Waals surface area contributed by atoms with Gasteiger partial charge in [-0.15, -0.1) is 0 Å². The van der Waals surface area contributed by atoms with Crippen LogP contribution in [0, 0.1) is 6.92 Å². The van der Waals surface area contributed by atoms with Crippen molar-refractivity contribution in [3.63, 3.8) is 0 Å². The molecule has 26 heavy (non-hydrogen) atoms. The summed E-state index contributed by atoms with van der Waals surface area (Å²) in [6.07, 6.45) is 4.90. The molecule has 0 aliphatic heterocycles. The number of carbonyl (C=O) groups is 3. The van der Waals surface area contributed by atoms with Crippen molar-refractivity contribution in [3.8, 4) is 0 Å². The minimum absolute atomic E-state index is 0.0798. The Kier molecular flexibility index (Phi) is 3.70. The number of benzene rings is 1. The number of aliphatic hydroxyl groups is 1. The Morgan fingerprint density at radius 1 is 0.923 bits per heavy atom. The molecule has 1 aromatic heterocycles. The van der Waals surface area contributed by atoms with Crippen molar-refractivity contribution in [2.75, 3.05) is 0 Å². The van der Waals surface area contributed by atoms with Crippen LogP contribution >= 0.6 is 0 Å². The zero-order valence-electron chi connectivity index (χ0n) is 14.4. The Hall–Kier alpha value is -2.92. The number of rotatable bonds is 2. The number of carbonyl (C=O) groups excluding carboxylic acids is 3. The molecule has 0 atom stereocenters. The predicted molar refractivity (Wildman–Crippen MR) is 93.5 cm³/mol. The summed E-state index contributed by atoms with van der Waals surface area (Å²) >= 11 is 0. The van der Waals surface area contributed by atoms with Gasteiger partial charge in [0.25, 0.3) is 0 Å². The highest BCUT2D eigenvalue weighted by Gasteiger charge is 2.58. The number of aryl methyl sites for hydroxylation is 1. The normalized spacial score (nSPS) is 19.1. The van der Waals surface area contributed by atoms with E-state index < -0.39 is 17.2 Å². The van der Waals surface area contributed by atoms with E-state index in [2.05, 4.69) is 0 Å². The second-order valence-electron chi connectivity index (χ2n) is 6.80. The molecule has 1 N–H and O–H groups in total. The van der Waals surface area contributed by atoms with Crippen LogP contribution in [0.3, 0.4) is 0 Å². The SMILES string of the molecule is Cc1cc[n+](C2=C(C3(O)C(=O)c4ccccc4C3=O)C(=O)CCC2)cc1. The van der Waals surface area contributed by atoms with Gasteiger partial charge in [0.05, 0.1) is 0 Å². The van der Waals surface area contributed by atoms with E-state index >= 15 is 0 Å². The van der Waals surface area contributed by atoms with E-state index in [-0.39, 0.29) is 28.9 Å². The van der Waals surface area contributed by atoms with Gasteiger partial charge >= 0.3 is 0 Å². The summed E-state index contributed by atoms with van der Waals surface area (Å²) in [5.41, 5.74) is -0.626. The summed E-state index contributed by atoms with van der Waals surface area (Å²) in [4.78, 5) is 38.6. The van der Waals surface area contributed by atoms with Gasteiger partial charge in [0.1, 0.15) is 5.57 Å². The average molecular weight is 348 g/mol. The standard InChI is InChI=1S/C21H18NO4/c1-13-9-11-22(12-10-13)16-7-4-8-17(23)18(16)21(26)19(24)14-5-2-3-6-15(14)20(21)25/h2-3,5-6,9-12,26H,4,7-8H2,1H3/q+1. The minimum atomic E-state index is -2.44. The fourth-order valence-corrected chi connectivity index (χ4v) is 3.78. The van der Waals surface area contributed by atoms with Gasteiger partial charge in [-0.05, 0) is 18.9 Å². The van der Waals surface area contributed by atoms with E-state index in [9.17, 15) is 19.5 Å². The molecule has 2 aliphatic carbocycles. The second kappa shape index (κ2) is 5.81. The third kappa shape index (κ3) is 2.21. The summed E-state index contributed by atoms with van der Waals surface area (Å²) in [5, 5.41) is 11.2. The van der Waals surface area contributed by atoms with Crippen LogP contribution in [0.15, 0.2) is 54.4 Å². The maximum Gasteiger partial charge on any atom is 0.226 e. The van der Waals surface area contributed by atoms with Gasteiger partial charge in [0.15, 0.2) is 23.9 Å². The number of fused-ring (bicyclic) bond motifs is 1. The lowest BCUT2D eigenvalue weighted by atomic mass is 9.79. The van der Waals surface area contributed by atoms with Gasteiger partial charge < -0.3 is 5.11 Å². The van der Waals surface area contributed by atoms with Crippen molar-refractivity contribution in [1.82, 2.24) is 0 Å². The number of allylic oxidation sites excluding steroid dienone is 1. The van der Waals surface area contributed by atoms with Crippen LogP contribution in [-0.2, 0) is 4.79 Å². The minimum Gasteiger partial charge on any atom is -0.370 e. The lowest BCUT2D eigenvalue weighted by molar-refractivity contribution is -0.584. The summed E-state index contributed by atoms with van der Waals surface area (Å²) in [6, 6.07) is 10.1. The van der Waals surface area contributed by atoms with E-state index in [4.69, 9.17) is 0 Å². The Morgan fingerprint density at radius 2 is 1.50 bits per heavy atom. The van der Waals surface area contributed by atoms with Crippen LogP contribution in [0.5, 0.6) is 0 Å². The van der Waals surface area contributed by atoms with Gasteiger partial charge in [-0.2, -0.15) is 4.57 Å². The zero-order valence-corrected chi connectivity index (χ0v) is 14.4. The summed E-state index contributed by atoms with van der Waals surface area (Å²) < 4.78 is 1.72. The fraction of sp³-hybridized carbons (Fsp3) is 0.238. The highest BCUT2D eigenvalue weighted by Crippen LogP contribution is 2.40. The van der Waals surface area contributed by atoms with E-state index in [0.29, 0.717) is 18.5 Å². The van der Waals surface area contributed by atoms with E-state index in [1.807, 2.05) is 19.1 Å². The number of ketones is 3. The highest BCUT2D eigenvalue weighted by molar-refractivity contribution is 6.37. The monoisotopic (exact) mass is 348 g/mol. The lowest BCUT2D eigenvalue weighted by Gasteiger charge is -2.25. The molecule has 0 bridgehead atoms. The fourth-order valence-electron chi connectivity index (χ4n) is 3.78. The molecule has 0 unspecified atom stereocenters. The molecule has 130 valence electrons. The number of Topliss-reactive ketones (excluding diaryl/α,β-unsaturated/α-hetero) is 3. The van der Waals surface area contributed by atoms with E-state index in [1.54, 1.807) is 29.1 Å². The van der Waals surface area contributed by atoms with Gasteiger partial charge in [-0.3, -0.25) is 14.4 Å². The smallest absolute Gasteiger partial charge is 0.226 e. The van der Waals surface area contributed by atoms with Gasteiger partial charge in [0.2, 0.25) is 17.2 Å². The summed E-state index contributed by atoms with van der Waals surface area (Å²) in [5.74, 6) is -1.78. The molecule has 2 aromatic rings. The molecule has 0 radical (unpaired) electrons. The van der Waals surface area contributed by atoms with Crippen molar-refractivity contribution in [2.24, 2.45) is 0 Å². The van der Waals surface area contributed by atoms with Crippen LogP contribution in [0.4, 0.5) is 0 Å². The Bertz CT molecular complexity index is 950. The molecular formula is C21H18NO4+. The van der Waals surface area contributed by atoms with Gasteiger partial charge in [-0.1, -0.05) is 24.3 Å². The molecule has 5 heteroatoms. The van der Waals surface area contributed by atoms with Crippen LogP contribution in [0.25, 0.3) is 5.70 Å². The number of aromatic nitrogens is 1. The Morgan fingerprint density at radius 3 is 2.08 bits per heavy atom. The first-order chi connectivity index (χ1) is 12.4. The van der Waals surface area contributed by atoms with E-state index in [1.165, 1.54) is 12.1 Å². The second-order valence-corrected chi connectivity index (χ2v) is 6.80. The van der Waals surface area contributed by atoms with Crippen LogP contribution in [-0.4, -0.2) is 28.1 Å². The van der Waals surface area contributed by atoms with E-state index in [0.717, 1.165) is 5.56 Å². The Balaban J connectivity index is 1.96. The highest BCUT2D eigenvalue weighted by atomic mass is 16.3. The number of nitrogens with zero attached hydrogens (tertiary/aromatic N) is 1. The van der Waals surface area contributed by atoms with Crippen molar-refractivity contribution in [1.29, 1.82) is 0 Å². The molecule has 5 nitrogen and oxygen atoms in total.